The van der Waals surface area contributed by atoms with Crippen LogP contribution in [0.4, 0.5) is 16.2 Å². The lowest BCUT2D eigenvalue weighted by Crippen LogP contribution is -2.57. The van der Waals surface area contributed by atoms with Crippen molar-refractivity contribution >= 4 is 64.6 Å². The van der Waals surface area contributed by atoms with Crippen molar-refractivity contribution in [3.8, 4) is 17.2 Å². The molecule has 20 heteroatoms. The minimum Gasteiger partial charge on any atom is -0.508 e. The van der Waals surface area contributed by atoms with Crippen molar-refractivity contribution < 1.29 is 57.7 Å². The number of aldehydes is 1. The maximum Gasteiger partial charge on any atom is 0.340 e. The first-order valence-electron chi connectivity index (χ1n) is 30.1. The van der Waals surface area contributed by atoms with Gasteiger partial charge in [0.25, 0.3) is 11.8 Å². The molecule has 1 unspecified atom stereocenters. The second kappa shape index (κ2) is 26.8. The van der Waals surface area contributed by atoms with Crippen LogP contribution in [0, 0.1) is 18.8 Å². The van der Waals surface area contributed by atoms with Crippen molar-refractivity contribution in [2.24, 2.45) is 11.8 Å². The average Bonchev–Trinajstić information content (AvgIpc) is 1.44. The number of anilines is 2. The van der Waals surface area contributed by atoms with Gasteiger partial charge in [0.05, 0.1) is 18.8 Å². The number of nitrogens with one attached hydrogen (secondary N) is 5. The number of allylic oxidation sites excluding steroid dienone is 3. The predicted octanol–water partition coefficient (Wildman–Crippen LogP) is 7.71. The molecule has 2 fully saturated rings. The van der Waals surface area contributed by atoms with Crippen LogP contribution in [0.5, 0.6) is 17.2 Å². The molecule has 1 saturated carbocycles. The molecule has 0 aromatic heterocycles. The number of benzene rings is 5. The van der Waals surface area contributed by atoms with Gasteiger partial charge in [-0.15, -0.1) is 0 Å². The fourth-order valence-electron chi connectivity index (χ4n) is 12.5. The highest BCUT2D eigenvalue weighted by molar-refractivity contribution is 6.03. The summed E-state index contributed by atoms with van der Waals surface area (Å²) in [4.78, 5) is 115. The Hall–Kier alpha value is -9.30. The van der Waals surface area contributed by atoms with Crippen molar-refractivity contribution in [3.63, 3.8) is 0 Å². The van der Waals surface area contributed by atoms with Crippen LogP contribution in [0.25, 0.3) is 5.57 Å². The Bertz CT molecular complexity index is 3580. The van der Waals surface area contributed by atoms with E-state index in [1.807, 2.05) is 88.2 Å². The third-order valence-corrected chi connectivity index (χ3v) is 17.3. The third-order valence-electron chi connectivity index (χ3n) is 17.3. The summed E-state index contributed by atoms with van der Waals surface area (Å²) < 4.78 is 18.4. The Morgan fingerprint density at radius 2 is 1.33 bits per heavy atom. The van der Waals surface area contributed by atoms with E-state index in [2.05, 4.69) is 26.6 Å². The molecular formula is C68H76N8O12. The molecule has 5 aromatic rings. The number of hydrogen-bond acceptors (Lipinski definition) is 14. The van der Waals surface area contributed by atoms with Gasteiger partial charge in [0.1, 0.15) is 29.3 Å². The lowest BCUT2D eigenvalue weighted by atomic mass is 9.77. The van der Waals surface area contributed by atoms with E-state index in [1.165, 1.54) is 18.2 Å². The van der Waals surface area contributed by atoms with E-state index in [9.17, 15) is 43.5 Å². The maximum absolute atomic E-state index is 14.5. The van der Waals surface area contributed by atoms with Gasteiger partial charge in [0.2, 0.25) is 11.8 Å². The van der Waals surface area contributed by atoms with Gasteiger partial charge in [-0.25, -0.2) is 9.59 Å². The SMILES string of the molecule is Cc1cc(O)ccc1C(=C1C=CC(=O)CC1C)c1ccc(C(=O)NCCNC(=O)[C@H](CCNC(=O)c2ccc3c(c2)C(=O)OC32c3ccc(N(C)C)cc3Oc3cc(N(C)C)ccc32)NC(=O)[C@H](CC2CCCCC2)NC(=O)N2CCOCC2)cc1C=O. The summed E-state index contributed by atoms with van der Waals surface area (Å²) >= 11 is 0. The molecule has 20 nitrogen and oxygen atoms in total. The van der Waals surface area contributed by atoms with E-state index in [-0.39, 0.29) is 78.1 Å². The summed E-state index contributed by atoms with van der Waals surface area (Å²) in [6.45, 7) is 4.96. The van der Waals surface area contributed by atoms with E-state index >= 15 is 0 Å². The van der Waals surface area contributed by atoms with Crippen molar-refractivity contribution in [2.75, 3.05) is 83.9 Å². The number of phenols is 1. The second-order valence-electron chi connectivity index (χ2n) is 23.7. The number of morpholine rings is 1. The molecule has 5 aliphatic rings. The number of nitrogens with zero attached hydrogens (tertiary/aromatic N) is 3. The number of amides is 6. The molecule has 1 spiro atoms. The van der Waals surface area contributed by atoms with Crippen LogP contribution in [0.15, 0.2) is 109 Å². The largest absolute Gasteiger partial charge is 0.508 e. The normalized spacial score (nSPS) is 17.8. The molecule has 88 heavy (non-hydrogen) atoms. The zero-order valence-corrected chi connectivity index (χ0v) is 50.6. The highest BCUT2D eigenvalue weighted by atomic mass is 16.6. The van der Waals surface area contributed by atoms with Crippen LogP contribution in [0.3, 0.4) is 0 Å². The Balaban J connectivity index is 0.857. The van der Waals surface area contributed by atoms with Crippen LogP contribution in [-0.2, 0) is 29.5 Å². The van der Waals surface area contributed by atoms with Gasteiger partial charge in [-0.2, -0.15) is 0 Å². The number of carbonyl (C=O) groups excluding carboxylic acids is 8. The number of carbonyl (C=O) groups is 8. The zero-order chi connectivity index (χ0) is 62.4. The van der Waals surface area contributed by atoms with Crippen LogP contribution < -0.4 is 41.1 Å². The summed E-state index contributed by atoms with van der Waals surface area (Å²) in [5.41, 5.74) is 6.42. The van der Waals surface area contributed by atoms with Crippen molar-refractivity contribution in [2.45, 2.75) is 82.9 Å². The summed E-state index contributed by atoms with van der Waals surface area (Å²) in [6, 6.07) is 23.3. The monoisotopic (exact) mass is 1200 g/mol. The summed E-state index contributed by atoms with van der Waals surface area (Å²) in [6.07, 6.45) is 9.35. The molecule has 3 atom stereocenters. The molecule has 6 N–H and O–H groups in total. The topological polar surface area (TPSA) is 254 Å². The molecular weight excluding hydrogens is 1120 g/mol. The Morgan fingerprint density at radius 1 is 0.705 bits per heavy atom. The molecule has 10 rings (SSSR count). The van der Waals surface area contributed by atoms with Gasteiger partial charge < -0.3 is 60.6 Å². The average molecular weight is 1200 g/mol. The fourth-order valence-corrected chi connectivity index (χ4v) is 12.5. The van der Waals surface area contributed by atoms with Crippen molar-refractivity contribution in [1.29, 1.82) is 0 Å². The highest BCUT2D eigenvalue weighted by Gasteiger charge is 2.54. The highest BCUT2D eigenvalue weighted by Crippen LogP contribution is 2.57. The van der Waals surface area contributed by atoms with Crippen LogP contribution in [-0.4, -0.2) is 144 Å². The smallest absolute Gasteiger partial charge is 0.340 e. The van der Waals surface area contributed by atoms with Crippen LogP contribution in [0.1, 0.15) is 133 Å². The summed E-state index contributed by atoms with van der Waals surface area (Å²) in [5.74, 6) is -1.84. The van der Waals surface area contributed by atoms with Gasteiger partial charge in [0.15, 0.2) is 17.7 Å². The Labute approximate surface area is 512 Å². The molecule has 6 amide bonds. The molecule has 5 aromatic carbocycles. The van der Waals surface area contributed by atoms with Crippen molar-refractivity contribution in [1.82, 2.24) is 31.5 Å². The molecule has 3 aliphatic heterocycles. The van der Waals surface area contributed by atoms with Gasteiger partial charge in [-0.3, -0.25) is 28.8 Å². The molecule has 0 radical (unpaired) electrons. The van der Waals surface area contributed by atoms with E-state index < -0.39 is 53.3 Å². The first-order valence-corrected chi connectivity index (χ1v) is 30.1. The summed E-state index contributed by atoms with van der Waals surface area (Å²) in [5, 5.41) is 24.6. The number of fused-ring (bicyclic) bond motifs is 6. The van der Waals surface area contributed by atoms with E-state index in [4.69, 9.17) is 14.2 Å². The number of rotatable bonds is 19. The quantitative estimate of drug-likeness (QED) is 0.0263. The number of ketones is 1. The van der Waals surface area contributed by atoms with Crippen molar-refractivity contribution in [3.05, 3.63) is 164 Å². The lowest BCUT2D eigenvalue weighted by Gasteiger charge is -2.37. The Kier molecular flexibility index (Phi) is 18.8. The zero-order valence-electron chi connectivity index (χ0n) is 50.6. The van der Waals surface area contributed by atoms with Crippen LogP contribution >= 0.6 is 0 Å². The molecule has 0 bridgehead atoms. The van der Waals surface area contributed by atoms with Gasteiger partial charge in [-0.1, -0.05) is 63.3 Å². The lowest BCUT2D eigenvalue weighted by molar-refractivity contribution is -0.130. The number of ether oxygens (including phenoxy) is 3. The van der Waals surface area contributed by atoms with Crippen LogP contribution in [0.2, 0.25) is 0 Å². The third kappa shape index (κ3) is 13.2. The number of phenolic OH excluding ortho intramolecular Hbond substituents is 1. The number of urea groups is 1. The van der Waals surface area contributed by atoms with E-state index in [1.54, 1.807) is 53.4 Å². The maximum atomic E-state index is 14.5. The summed E-state index contributed by atoms with van der Waals surface area (Å²) in [7, 11) is 7.69. The second-order valence-corrected chi connectivity index (χ2v) is 23.7. The van der Waals surface area contributed by atoms with Gasteiger partial charge in [0, 0.05) is 124 Å². The molecule has 460 valence electrons. The first kappa shape index (κ1) is 61.8. The Morgan fingerprint density at radius 3 is 1.98 bits per heavy atom. The molecule has 2 aliphatic carbocycles. The molecule has 1 saturated heterocycles. The number of esters is 1. The first-order chi connectivity index (χ1) is 42.3. The minimum atomic E-state index is -1.39. The molecule has 3 heterocycles. The number of aryl methyl sites for hydroxylation is 1. The predicted molar refractivity (Wildman–Crippen MR) is 332 cm³/mol. The fraction of sp³-hybridized carbons (Fsp3) is 0.382. The minimum absolute atomic E-state index is 0.0185. The van der Waals surface area contributed by atoms with E-state index in [0.717, 1.165) is 60.2 Å². The number of aromatic hydroxyl groups is 1. The van der Waals surface area contributed by atoms with E-state index in [0.29, 0.717) is 78.3 Å². The number of hydrogen-bond donors (Lipinski definition) is 6. The standard InChI is InChI=1S/C68H76N8O12/c1-40-32-48(78)16-19-50(40)61(51-20-17-49(79)33-41(51)2)52-18-12-43(35-45(52)39-77)62(80)70-26-27-71-64(82)57(72-65(83)58(34-42-10-8-7-9-11-42)73-67(85)76-28-30-86-31-29-76)24-25-69-63(81)44-13-21-54-53(36-44)66(84)88-68(54)55-22-14-46(74(3)4)37-59(55)87-60-38-47(75(5)6)15-23-56(60)68/h12-23,32,35-39,41-42,57-58,78H,7-11,24-31,33-34H2,1-6H3,(H,69,81)(H,70,80)(H,71,82)(H,72,83)(H,73,85)/t41?,57-,58-/m0/s1. The van der Waals surface area contributed by atoms with Gasteiger partial charge in [-0.05, 0) is 126 Å². The van der Waals surface area contributed by atoms with Gasteiger partial charge >= 0.3 is 12.0 Å².